The second-order valence-electron chi connectivity index (χ2n) is 8.74. The number of nitrogens with one attached hydrogen (secondary N) is 1. The fourth-order valence-corrected chi connectivity index (χ4v) is 4.60. The van der Waals surface area contributed by atoms with E-state index < -0.39 is 0 Å². The molecule has 1 unspecified atom stereocenters. The Morgan fingerprint density at radius 2 is 1.67 bits per heavy atom. The number of carbonyl (C=O) groups excluding carboxylic acids is 2. The average molecular weight is 369 g/mol. The molecule has 2 saturated carbocycles. The first kappa shape index (κ1) is 18.5. The van der Waals surface area contributed by atoms with Gasteiger partial charge in [-0.25, -0.2) is 0 Å². The zero-order valence-electron chi connectivity index (χ0n) is 16.3. The van der Waals surface area contributed by atoms with E-state index in [9.17, 15) is 9.59 Å². The summed E-state index contributed by atoms with van der Waals surface area (Å²) in [6, 6.07) is 8.27. The predicted octanol–water partition coefficient (Wildman–Crippen LogP) is 4.11. The first-order valence-corrected chi connectivity index (χ1v) is 10.9. The van der Waals surface area contributed by atoms with Gasteiger partial charge in [0.1, 0.15) is 0 Å². The number of rotatable bonds is 5. The van der Waals surface area contributed by atoms with Gasteiger partial charge in [-0.1, -0.05) is 31.4 Å². The molecule has 27 heavy (non-hydrogen) atoms. The highest BCUT2D eigenvalue weighted by atomic mass is 16.2. The van der Waals surface area contributed by atoms with Crippen molar-refractivity contribution in [3.8, 4) is 0 Å². The van der Waals surface area contributed by atoms with Gasteiger partial charge in [0.25, 0.3) is 5.91 Å². The van der Waals surface area contributed by atoms with Gasteiger partial charge < -0.3 is 10.2 Å². The predicted molar refractivity (Wildman–Crippen MR) is 107 cm³/mol. The van der Waals surface area contributed by atoms with E-state index in [2.05, 4.69) is 17.4 Å². The summed E-state index contributed by atoms with van der Waals surface area (Å²) in [5, 5.41) is 3.08. The number of hydrogen-bond acceptors (Lipinski definition) is 2. The van der Waals surface area contributed by atoms with E-state index in [1.165, 1.54) is 50.5 Å². The highest BCUT2D eigenvalue weighted by Crippen LogP contribution is 2.33. The largest absolute Gasteiger partial charge is 0.356 e. The van der Waals surface area contributed by atoms with Crippen LogP contribution in [0.25, 0.3) is 0 Å². The lowest BCUT2D eigenvalue weighted by atomic mass is 9.84. The Hall–Kier alpha value is -1.84. The van der Waals surface area contributed by atoms with Crippen molar-refractivity contribution in [3.05, 3.63) is 35.4 Å². The van der Waals surface area contributed by atoms with Crippen LogP contribution in [0.3, 0.4) is 0 Å². The molecule has 2 amide bonds. The van der Waals surface area contributed by atoms with Gasteiger partial charge in [-0.3, -0.25) is 9.59 Å². The van der Waals surface area contributed by atoms with Crippen LogP contribution in [-0.4, -0.2) is 36.3 Å². The lowest BCUT2D eigenvalue weighted by molar-refractivity contribution is -0.126. The van der Waals surface area contributed by atoms with Crippen molar-refractivity contribution in [2.75, 3.05) is 19.6 Å². The number of likely N-dealkylation sites (tertiary alicyclic amines) is 1. The number of benzene rings is 1. The van der Waals surface area contributed by atoms with Crippen molar-refractivity contribution in [1.82, 2.24) is 10.2 Å². The SMILES string of the molecule is O=C(NCC1CC1)C1CCCN(C(=O)c2ccc(C3CCCCC3)cc2)C1. The Morgan fingerprint density at radius 1 is 0.926 bits per heavy atom. The Balaban J connectivity index is 1.34. The molecule has 146 valence electrons. The minimum Gasteiger partial charge on any atom is -0.356 e. The van der Waals surface area contributed by atoms with Crippen LogP contribution in [0.4, 0.5) is 0 Å². The second kappa shape index (κ2) is 8.45. The van der Waals surface area contributed by atoms with E-state index in [-0.39, 0.29) is 17.7 Å². The van der Waals surface area contributed by atoms with Crippen LogP contribution < -0.4 is 5.32 Å². The molecule has 1 aromatic rings. The summed E-state index contributed by atoms with van der Waals surface area (Å²) in [6.45, 7) is 2.13. The molecule has 1 saturated heterocycles. The molecule has 3 aliphatic rings. The molecular formula is C23H32N2O2. The van der Waals surface area contributed by atoms with Gasteiger partial charge in [0.2, 0.25) is 5.91 Å². The summed E-state index contributed by atoms with van der Waals surface area (Å²) in [4.78, 5) is 27.2. The first-order valence-electron chi connectivity index (χ1n) is 10.9. The monoisotopic (exact) mass is 368 g/mol. The number of hydrogen-bond donors (Lipinski definition) is 1. The summed E-state index contributed by atoms with van der Waals surface area (Å²) in [7, 11) is 0. The number of nitrogens with zero attached hydrogens (tertiary/aromatic N) is 1. The third-order valence-electron chi connectivity index (χ3n) is 6.58. The summed E-state index contributed by atoms with van der Waals surface area (Å²) in [5.74, 6) is 1.51. The highest BCUT2D eigenvalue weighted by molar-refractivity contribution is 5.94. The lowest BCUT2D eigenvalue weighted by Crippen LogP contribution is -2.45. The third-order valence-corrected chi connectivity index (χ3v) is 6.58. The Kier molecular flexibility index (Phi) is 5.80. The summed E-state index contributed by atoms with van der Waals surface area (Å²) in [6.07, 6.45) is 10.8. The maximum Gasteiger partial charge on any atom is 0.253 e. The molecule has 4 rings (SSSR count). The molecule has 1 aromatic carbocycles. The molecule has 1 N–H and O–H groups in total. The molecule has 0 bridgehead atoms. The zero-order chi connectivity index (χ0) is 18.6. The summed E-state index contributed by atoms with van der Waals surface area (Å²) in [5.41, 5.74) is 2.14. The Labute approximate surface area is 162 Å². The van der Waals surface area contributed by atoms with E-state index in [1.807, 2.05) is 17.0 Å². The number of piperidine rings is 1. The minimum absolute atomic E-state index is 0.0528. The molecule has 1 heterocycles. The van der Waals surface area contributed by atoms with Crippen LogP contribution in [0.15, 0.2) is 24.3 Å². The molecule has 0 radical (unpaired) electrons. The third kappa shape index (κ3) is 4.72. The van der Waals surface area contributed by atoms with Crippen LogP contribution in [-0.2, 0) is 4.79 Å². The van der Waals surface area contributed by atoms with Crippen LogP contribution >= 0.6 is 0 Å². The standard InChI is InChI=1S/C23H32N2O2/c26-22(24-15-17-8-9-17)21-7-4-14-25(16-21)23(27)20-12-10-19(11-13-20)18-5-2-1-3-6-18/h10-13,17-18,21H,1-9,14-16H2,(H,24,26). The van der Waals surface area contributed by atoms with Gasteiger partial charge >= 0.3 is 0 Å². The van der Waals surface area contributed by atoms with Crippen molar-refractivity contribution < 1.29 is 9.59 Å². The van der Waals surface area contributed by atoms with Crippen molar-refractivity contribution in [2.24, 2.45) is 11.8 Å². The fourth-order valence-electron chi connectivity index (χ4n) is 4.60. The van der Waals surface area contributed by atoms with Crippen molar-refractivity contribution in [2.45, 2.75) is 63.7 Å². The molecule has 1 atom stereocenters. The maximum atomic E-state index is 12.9. The van der Waals surface area contributed by atoms with Crippen LogP contribution in [0.1, 0.15) is 79.6 Å². The average Bonchev–Trinajstić information content (AvgIpc) is 3.57. The fraction of sp³-hybridized carbons (Fsp3) is 0.652. The normalized spacial score (nSPS) is 23.9. The van der Waals surface area contributed by atoms with Gasteiger partial charge in [-0.05, 0) is 68.1 Å². The van der Waals surface area contributed by atoms with Gasteiger partial charge in [0, 0.05) is 25.2 Å². The first-order chi connectivity index (χ1) is 13.2. The summed E-state index contributed by atoms with van der Waals surface area (Å²) < 4.78 is 0. The number of carbonyl (C=O) groups is 2. The van der Waals surface area contributed by atoms with Gasteiger partial charge in [0.05, 0.1) is 5.92 Å². The minimum atomic E-state index is -0.0528. The van der Waals surface area contributed by atoms with Crippen molar-refractivity contribution >= 4 is 11.8 Å². The lowest BCUT2D eigenvalue weighted by Gasteiger charge is -2.32. The molecule has 4 heteroatoms. The molecule has 3 fully saturated rings. The maximum absolute atomic E-state index is 12.9. The molecule has 2 aliphatic carbocycles. The zero-order valence-corrected chi connectivity index (χ0v) is 16.3. The summed E-state index contributed by atoms with van der Waals surface area (Å²) >= 11 is 0. The topological polar surface area (TPSA) is 49.4 Å². The molecular weight excluding hydrogens is 336 g/mol. The molecule has 0 aromatic heterocycles. The van der Waals surface area contributed by atoms with Crippen LogP contribution in [0, 0.1) is 11.8 Å². The highest BCUT2D eigenvalue weighted by Gasteiger charge is 2.30. The van der Waals surface area contributed by atoms with Crippen LogP contribution in [0.5, 0.6) is 0 Å². The Bertz CT molecular complexity index is 659. The smallest absolute Gasteiger partial charge is 0.253 e. The van der Waals surface area contributed by atoms with Crippen molar-refractivity contribution in [1.29, 1.82) is 0 Å². The van der Waals surface area contributed by atoms with Gasteiger partial charge in [-0.15, -0.1) is 0 Å². The van der Waals surface area contributed by atoms with Gasteiger partial charge in [0.15, 0.2) is 0 Å². The van der Waals surface area contributed by atoms with E-state index in [1.54, 1.807) is 0 Å². The van der Waals surface area contributed by atoms with E-state index in [0.29, 0.717) is 18.4 Å². The van der Waals surface area contributed by atoms with E-state index in [4.69, 9.17) is 0 Å². The van der Waals surface area contributed by atoms with E-state index in [0.717, 1.165) is 31.5 Å². The second-order valence-corrected chi connectivity index (χ2v) is 8.74. The van der Waals surface area contributed by atoms with Crippen LogP contribution in [0.2, 0.25) is 0 Å². The Morgan fingerprint density at radius 3 is 2.37 bits per heavy atom. The molecule has 4 nitrogen and oxygen atoms in total. The number of amides is 2. The van der Waals surface area contributed by atoms with E-state index >= 15 is 0 Å². The van der Waals surface area contributed by atoms with Crippen molar-refractivity contribution in [3.63, 3.8) is 0 Å². The quantitative estimate of drug-likeness (QED) is 0.850. The molecule has 1 aliphatic heterocycles. The van der Waals surface area contributed by atoms with Gasteiger partial charge in [-0.2, -0.15) is 0 Å². The molecule has 0 spiro atoms.